The van der Waals surface area contributed by atoms with Gasteiger partial charge in [-0.25, -0.2) is 8.42 Å². The molecule has 0 N–H and O–H groups in total. The topological polar surface area (TPSA) is 76.3 Å². The van der Waals surface area contributed by atoms with Crippen LogP contribution in [-0.2, 0) is 15.4 Å². The lowest BCUT2D eigenvalue weighted by Crippen LogP contribution is -2.44. The Morgan fingerprint density at radius 3 is 2.12 bits per heavy atom. The largest absolute Gasteiger partial charge is 0.340 e. The minimum atomic E-state index is -3.50. The number of sulfonamides is 1. The molecule has 0 unspecified atom stereocenters. The third-order valence-electron chi connectivity index (χ3n) is 5.10. The summed E-state index contributed by atoms with van der Waals surface area (Å²) < 4.78 is 33.0. The Morgan fingerprint density at radius 1 is 1.08 bits per heavy atom. The molecule has 0 saturated carbocycles. The van der Waals surface area contributed by atoms with Gasteiger partial charge in [0.15, 0.2) is 5.82 Å². The fourth-order valence-electron chi connectivity index (χ4n) is 3.69. The van der Waals surface area contributed by atoms with Crippen molar-refractivity contribution in [3.05, 3.63) is 40.5 Å². The molecule has 0 bridgehead atoms. The van der Waals surface area contributed by atoms with Crippen LogP contribution in [0.15, 0.2) is 21.6 Å². The van der Waals surface area contributed by atoms with E-state index in [2.05, 4.69) is 17.1 Å². The third kappa shape index (κ3) is 3.22. The lowest BCUT2D eigenvalue weighted by atomic mass is 9.80. The first kappa shape index (κ1) is 18.1. The average Bonchev–Trinajstić information content (AvgIpc) is 2.93. The zero-order valence-electron chi connectivity index (χ0n) is 15.5. The molecule has 1 fully saturated rings. The van der Waals surface area contributed by atoms with Crippen molar-refractivity contribution >= 4 is 10.0 Å². The second-order valence-corrected chi connectivity index (χ2v) is 9.20. The SMILES string of the molecule is Cc1cc(C)c(S(=O)(=O)N2CCC(C)(c3noc(C)n3)CC2)c(C)c1. The predicted molar refractivity (Wildman–Crippen MR) is 95.0 cm³/mol. The van der Waals surface area contributed by atoms with Crippen molar-refractivity contribution in [3.63, 3.8) is 0 Å². The summed E-state index contributed by atoms with van der Waals surface area (Å²) >= 11 is 0. The number of aryl methyl sites for hydroxylation is 4. The van der Waals surface area contributed by atoms with Gasteiger partial charge in [0.05, 0.1) is 4.90 Å². The number of hydrogen-bond acceptors (Lipinski definition) is 5. The number of nitrogens with zero attached hydrogens (tertiary/aromatic N) is 3. The smallest absolute Gasteiger partial charge is 0.243 e. The van der Waals surface area contributed by atoms with Gasteiger partial charge < -0.3 is 4.52 Å². The molecule has 0 atom stereocenters. The fraction of sp³-hybridized carbons (Fsp3) is 0.556. The number of aromatic nitrogens is 2. The van der Waals surface area contributed by atoms with Crippen molar-refractivity contribution in [2.75, 3.05) is 13.1 Å². The van der Waals surface area contributed by atoms with E-state index in [9.17, 15) is 8.42 Å². The molecule has 25 heavy (non-hydrogen) atoms. The Hall–Kier alpha value is -1.73. The third-order valence-corrected chi connectivity index (χ3v) is 7.30. The molecule has 6 nitrogen and oxygen atoms in total. The van der Waals surface area contributed by atoms with E-state index in [0.717, 1.165) is 16.7 Å². The van der Waals surface area contributed by atoms with Crippen molar-refractivity contribution in [2.24, 2.45) is 0 Å². The van der Waals surface area contributed by atoms with Gasteiger partial charge in [-0.2, -0.15) is 9.29 Å². The van der Waals surface area contributed by atoms with Gasteiger partial charge in [0.1, 0.15) is 0 Å². The first-order chi connectivity index (χ1) is 11.6. The highest BCUT2D eigenvalue weighted by molar-refractivity contribution is 7.89. The van der Waals surface area contributed by atoms with Crippen molar-refractivity contribution in [1.29, 1.82) is 0 Å². The highest BCUT2D eigenvalue weighted by atomic mass is 32.2. The van der Waals surface area contributed by atoms with Crippen molar-refractivity contribution < 1.29 is 12.9 Å². The van der Waals surface area contributed by atoms with Crippen molar-refractivity contribution in [2.45, 2.75) is 57.8 Å². The summed E-state index contributed by atoms with van der Waals surface area (Å²) in [4.78, 5) is 4.79. The number of piperidine rings is 1. The molecule has 2 heterocycles. The Bertz CT molecular complexity index is 871. The summed E-state index contributed by atoms with van der Waals surface area (Å²) in [5.41, 5.74) is 2.44. The average molecular weight is 363 g/mol. The second-order valence-electron chi connectivity index (χ2n) is 7.33. The van der Waals surface area contributed by atoms with Crippen LogP contribution in [0.25, 0.3) is 0 Å². The molecule has 0 aliphatic carbocycles. The molecule has 7 heteroatoms. The lowest BCUT2D eigenvalue weighted by Gasteiger charge is -2.37. The van der Waals surface area contributed by atoms with E-state index < -0.39 is 10.0 Å². The van der Waals surface area contributed by atoms with Crippen LogP contribution in [0.5, 0.6) is 0 Å². The molecule has 0 radical (unpaired) electrons. The van der Waals surface area contributed by atoms with Crippen LogP contribution < -0.4 is 0 Å². The minimum Gasteiger partial charge on any atom is -0.340 e. The molecule has 3 rings (SSSR count). The van der Waals surface area contributed by atoms with Crippen molar-refractivity contribution in [1.82, 2.24) is 14.4 Å². The Labute approximate surface area is 149 Å². The standard InChI is InChI=1S/C18H25N3O3S/c1-12-10-13(2)16(14(3)11-12)25(22,23)21-8-6-18(5,7-9-21)17-19-15(4)24-20-17/h10-11H,6-9H2,1-5H3. The zero-order chi connectivity index (χ0) is 18.4. The highest BCUT2D eigenvalue weighted by Gasteiger charge is 2.40. The Morgan fingerprint density at radius 2 is 1.64 bits per heavy atom. The van der Waals surface area contributed by atoms with E-state index in [1.54, 1.807) is 11.2 Å². The van der Waals surface area contributed by atoms with Crippen LogP contribution in [-0.4, -0.2) is 36.0 Å². The maximum atomic E-state index is 13.2. The van der Waals surface area contributed by atoms with Crippen LogP contribution in [0.4, 0.5) is 0 Å². The zero-order valence-corrected chi connectivity index (χ0v) is 16.3. The molecule has 1 aromatic carbocycles. The number of rotatable bonds is 3. The van der Waals surface area contributed by atoms with Gasteiger partial charge in [0.25, 0.3) is 0 Å². The molecule has 1 aliphatic heterocycles. The van der Waals surface area contributed by atoms with Gasteiger partial charge in [-0.3, -0.25) is 0 Å². The molecular weight excluding hydrogens is 338 g/mol. The van der Waals surface area contributed by atoms with Gasteiger partial charge in [0, 0.05) is 25.4 Å². The normalized spacial score (nSPS) is 18.4. The fourth-order valence-corrected chi connectivity index (χ4v) is 5.54. The monoisotopic (exact) mass is 363 g/mol. The predicted octanol–water partition coefficient (Wildman–Crippen LogP) is 3.05. The van der Waals surface area contributed by atoms with Crippen LogP contribution in [0.3, 0.4) is 0 Å². The maximum Gasteiger partial charge on any atom is 0.243 e. The van der Waals surface area contributed by atoms with Crippen molar-refractivity contribution in [3.8, 4) is 0 Å². The molecule has 0 amide bonds. The molecule has 1 aliphatic rings. The minimum absolute atomic E-state index is 0.249. The van der Waals surface area contributed by atoms with E-state index in [-0.39, 0.29) is 5.41 Å². The summed E-state index contributed by atoms with van der Waals surface area (Å²) in [6.45, 7) is 10.5. The van der Waals surface area contributed by atoms with Crippen LogP contribution >= 0.6 is 0 Å². The van der Waals surface area contributed by atoms with Crippen LogP contribution in [0.1, 0.15) is 48.2 Å². The quantitative estimate of drug-likeness (QED) is 0.838. The van der Waals surface area contributed by atoms with Crippen LogP contribution in [0, 0.1) is 27.7 Å². The summed E-state index contributed by atoms with van der Waals surface area (Å²) in [5.74, 6) is 1.21. The molecule has 1 saturated heterocycles. The summed E-state index contributed by atoms with van der Waals surface area (Å²) in [6.07, 6.45) is 1.35. The van der Waals surface area contributed by atoms with Gasteiger partial charge >= 0.3 is 0 Å². The number of hydrogen-bond donors (Lipinski definition) is 0. The summed E-state index contributed by atoms with van der Waals surface area (Å²) in [5, 5.41) is 4.04. The molecular formula is C18H25N3O3S. The first-order valence-corrected chi connectivity index (χ1v) is 9.96. The maximum absolute atomic E-state index is 13.2. The molecule has 0 spiro atoms. The number of benzene rings is 1. The lowest BCUT2D eigenvalue weighted by molar-refractivity contribution is 0.233. The second kappa shape index (κ2) is 6.21. The van der Waals surface area contributed by atoms with Crippen LogP contribution in [0.2, 0.25) is 0 Å². The van der Waals surface area contributed by atoms with E-state index >= 15 is 0 Å². The van der Waals surface area contributed by atoms with E-state index in [1.807, 2.05) is 32.9 Å². The molecule has 136 valence electrons. The Balaban J connectivity index is 1.85. The first-order valence-electron chi connectivity index (χ1n) is 8.52. The van der Waals surface area contributed by atoms with E-state index in [0.29, 0.717) is 42.5 Å². The highest BCUT2D eigenvalue weighted by Crippen LogP contribution is 2.36. The van der Waals surface area contributed by atoms with Gasteiger partial charge in [0.2, 0.25) is 15.9 Å². The van der Waals surface area contributed by atoms with E-state index in [1.165, 1.54) is 0 Å². The van der Waals surface area contributed by atoms with Gasteiger partial charge in [-0.15, -0.1) is 0 Å². The molecule has 2 aromatic rings. The molecule has 1 aromatic heterocycles. The Kier molecular flexibility index (Phi) is 4.49. The van der Waals surface area contributed by atoms with Gasteiger partial charge in [-0.1, -0.05) is 29.8 Å². The summed E-state index contributed by atoms with van der Waals surface area (Å²) in [6, 6.07) is 3.85. The summed E-state index contributed by atoms with van der Waals surface area (Å²) in [7, 11) is -3.50. The van der Waals surface area contributed by atoms with E-state index in [4.69, 9.17) is 4.52 Å². The van der Waals surface area contributed by atoms with Gasteiger partial charge in [-0.05, 0) is 44.7 Å².